The average Bonchev–Trinajstić information content (AvgIpc) is 2.83. The number of rotatable bonds is 1. The highest BCUT2D eigenvalue weighted by Crippen LogP contribution is 2.40. The molecule has 0 radical (unpaired) electrons. The van der Waals surface area contributed by atoms with Crippen molar-refractivity contribution in [2.45, 2.75) is 44.2 Å². The second-order valence-electron chi connectivity index (χ2n) is 5.23. The second kappa shape index (κ2) is 4.30. The van der Waals surface area contributed by atoms with Crippen LogP contribution in [-0.4, -0.2) is 6.10 Å². The quantitative estimate of drug-likeness (QED) is 0.811. The Labute approximate surface area is 101 Å². The van der Waals surface area contributed by atoms with E-state index in [4.69, 9.17) is 10.5 Å². The van der Waals surface area contributed by atoms with E-state index in [0.717, 1.165) is 17.7 Å². The molecule has 2 aliphatic rings. The van der Waals surface area contributed by atoms with Crippen molar-refractivity contribution in [2.75, 3.05) is 0 Å². The van der Waals surface area contributed by atoms with Gasteiger partial charge in [-0.25, -0.2) is 4.39 Å². The minimum atomic E-state index is -0.234. The Morgan fingerprint density at radius 3 is 2.76 bits per heavy atom. The van der Waals surface area contributed by atoms with E-state index in [9.17, 15) is 4.39 Å². The molecule has 3 rings (SSSR count). The average molecular weight is 235 g/mol. The standard InChI is InChI=1S/C14H18FNO/c15-10-5-6-13-11(7-10)12(16)8-14(17-13)9-3-1-2-4-9/h5-7,9,12,14H,1-4,8,16H2/t12-,14?/m0/s1. The van der Waals surface area contributed by atoms with Gasteiger partial charge in [0, 0.05) is 18.0 Å². The molecule has 2 atom stereocenters. The van der Waals surface area contributed by atoms with Gasteiger partial charge < -0.3 is 10.5 Å². The van der Waals surface area contributed by atoms with Gasteiger partial charge in [-0.05, 0) is 37.0 Å². The van der Waals surface area contributed by atoms with Crippen molar-refractivity contribution >= 4 is 0 Å². The highest BCUT2D eigenvalue weighted by Gasteiger charge is 2.33. The molecule has 17 heavy (non-hydrogen) atoms. The third-order valence-electron chi connectivity index (χ3n) is 4.06. The summed E-state index contributed by atoms with van der Waals surface area (Å²) in [6.45, 7) is 0. The van der Waals surface area contributed by atoms with Crippen LogP contribution in [0.2, 0.25) is 0 Å². The van der Waals surface area contributed by atoms with Crippen molar-refractivity contribution in [1.29, 1.82) is 0 Å². The zero-order valence-electron chi connectivity index (χ0n) is 9.86. The number of ether oxygens (including phenoxy) is 1. The van der Waals surface area contributed by atoms with Crippen molar-refractivity contribution in [3.8, 4) is 5.75 Å². The predicted molar refractivity (Wildman–Crippen MR) is 64.3 cm³/mol. The minimum absolute atomic E-state index is 0.0833. The van der Waals surface area contributed by atoms with Crippen LogP contribution < -0.4 is 10.5 Å². The molecule has 0 spiro atoms. The van der Waals surface area contributed by atoms with Gasteiger partial charge in [0.15, 0.2) is 0 Å². The van der Waals surface area contributed by atoms with Crippen LogP contribution in [0, 0.1) is 11.7 Å². The van der Waals surface area contributed by atoms with Crippen molar-refractivity contribution < 1.29 is 9.13 Å². The monoisotopic (exact) mass is 235 g/mol. The smallest absolute Gasteiger partial charge is 0.124 e. The first-order valence-electron chi connectivity index (χ1n) is 6.46. The SMILES string of the molecule is N[C@H]1CC(C2CCCC2)Oc2ccc(F)cc21. The van der Waals surface area contributed by atoms with E-state index in [-0.39, 0.29) is 18.0 Å². The molecule has 1 aromatic carbocycles. The lowest BCUT2D eigenvalue weighted by molar-refractivity contribution is 0.101. The van der Waals surface area contributed by atoms with Gasteiger partial charge >= 0.3 is 0 Å². The number of hydrogen-bond donors (Lipinski definition) is 1. The first-order valence-corrected chi connectivity index (χ1v) is 6.46. The predicted octanol–water partition coefficient (Wildman–Crippen LogP) is 3.17. The Morgan fingerprint density at radius 1 is 1.24 bits per heavy atom. The molecule has 0 aromatic heterocycles. The fourth-order valence-corrected chi connectivity index (χ4v) is 3.12. The lowest BCUT2D eigenvalue weighted by Crippen LogP contribution is -2.34. The van der Waals surface area contributed by atoms with E-state index in [2.05, 4.69) is 0 Å². The van der Waals surface area contributed by atoms with E-state index < -0.39 is 0 Å². The van der Waals surface area contributed by atoms with Crippen LogP contribution in [0.1, 0.15) is 43.7 Å². The van der Waals surface area contributed by atoms with Gasteiger partial charge in [0.05, 0.1) is 0 Å². The highest BCUT2D eigenvalue weighted by molar-refractivity contribution is 5.38. The van der Waals surface area contributed by atoms with Crippen LogP contribution in [0.25, 0.3) is 0 Å². The van der Waals surface area contributed by atoms with Crippen LogP contribution in [0.15, 0.2) is 18.2 Å². The van der Waals surface area contributed by atoms with E-state index in [1.165, 1.54) is 37.8 Å². The number of halogens is 1. The van der Waals surface area contributed by atoms with Crippen molar-refractivity contribution in [3.05, 3.63) is 29.6 Å². The summed E-state index contributed by atoms with van der Waals surface area (Å²) >= 11 is 0. The lowest BCUT2D eigenvalue weighted by atomic mass is 9.89. The maximum absolute atomic E-state index is 13.2. The van der Waals surface area contributed by atoms with E-state index in [1.54, 1.807) is 6.07 Å². The fourth-order valence-electron chi connectivity index (χ4n) is 3.12. The molecule has 1 aliphatic heterocycles. The van der Waals surface area contributed by atoms with Crippen molar-refractivity contribution in [2.24, 2.45) is 11.7 Å². The summed E-state index contributed by atoms with van der Waals surface area (Å²) in [6.07, 6.45) is 6.14. The van der Waals surface area contributed by atoms with Gasteiger partial charge in [-0.15, -0.1) is 0 Å². The first-order chi connectivity index (χ1) is 8.24. The zero-order valence-corrected chi connectivity index (χ0v) is 9.86. The first kappa shape index (κ1) is 11.0. The van der Waals surface area contributed by atoms with Crippen LogP contribution in [-0.2, 0) is 0 Å². The Bertz CT molecular complexity index is 415. The maximum atomic E-state index is 13.2. The molecule has 2 nitrogen and oxygen atoms in total. The molecule has 2 N–H and O–H groups in total. The molecule has 1 aliphatic carbocycles. The molecule has 0 amide bonds. The molecule has 3 heteroatoms. The van der Waals surface area contributed by atoms with Crippen molar-refractivity contribution in [1.82, 2.24) is 0 Å². The molecule has 1 aromatic rings. The van der Waals surface area contributed by atoms with E-state index in [1.807, 2.05) is 0 Å². The summed E-state index contributed by atoms with van der Waals surface area (Å²) in [6, 6.07) is 4.58. The van der Waals surface area contributed by atoms with E-state index >= 15 is 0 Å². The molecule has 0 saturated heterocycles. The van der Waals surface area contributed by atoms with E-state index in [0.29, 0.717) is 5.92 Å². The van der Waals surface area contributed by atoms with Crippen LogP contribution in [0.4, 0.5) is 4.39 Å². The Morgan fingerprint density at radius 2 is 2.00 bits per heavy atom. The van der Waals surface area contributed by atoms with Gasteiger partial charge in [-0.1, -0.05) is 12.8 Å². The Kier molecular flexibility index (Phi) is 2.79. The van der Waals surface area contributed by atoms with Gasteiger partial charge in [0.2, 0.25) is 0 Å². The summed E-state index contributed by atoms with van der Waals surface area (Å²) in [4.78, 5) is 0. The summed E-state index contributed by atoms with van der Waals surface area (Å²) in [5.41, 5.74) is 6.95. The van der Waals surface area contributed by atoms with Gasteiger partial charge in [-0.3, -0.25) is 0 Å². The molecule has 1 unspecified atom stereocenters. The fraction of sp³-hybridized carbons (Fsp3) is 0.571. The van der Waals surface area contributed by atoms with Crippen molar-refractivity contribution in [3.63, 3.8) is 0 Å². The Hall–Kier alpha value is -1.09. The normalized spacial score (nSPS) is 28.8. The number of nitrogens with two attached hydrogens (primary N) is 1. The van der Waals surface area contributed by atoms with Gasteiger partial charge in [0.1, 0.15) is 17.7 Å². The summed E-state index contributed by atoms with van der Waals surface area (Å²) in [7, 11) is 0. The second-order valence-corrected chi connectivity index (χ2v) is 5.23. The largest absolute Gasteiger partial charge is 0.490 e. The molecule has 1 saturated carbocycles. The number of hydrogen-bond acceptors (Lipinski definition) is 2. The summed E-state index contributed by atoms with van der Waals surface area (Å²) < 4.78 is 19.1. The molecular weight excluding hydrogens is 217 g/mol. The third kappa shape index (κ3) is 2.04. The molecule has 1 fully saturated rings. The maximum Gasteiger partial charge on any atom is 0.124 e. The minimum Gasteiger partial charge on any atom is -0.490 e. The lowest BCUT2D eigenvalue weighted by Gasteiger charge is -2.33. The van der Waals surface area contributed by atoms with Crippen LogP contribution in [0.3, 0.4) is 0 Å². The number of benzene rings is 1. The van der Waals surface area contributed by atoms with Gasteiger partial charge in [-0.2, -0.15) is 0 Å². The summed E-state index contributed by atoms with van der Waals surface area (Å²) in [5, 5.41) is 0. The van der Waals surface area contributed by atoms with Gasteiger partial charge in [0.25, 0.3) is 0 Å². The number of fused-ring (bicyclic) bond motifs is 1. The zero-order chi connectivity index (χ0) is 11.8. The third-order valence-corrected chi connectivity index (χ3v) is 4.06. The highest BCUT2D eigenvalue weighted by atomic mass is 19.1. The molecular formula is C14H18FNO. The Balaban J connectivity index is 1.84. The topological polar surface area (TPSA) is 35.2 Å². The molecule has 1 heterocycles. The van der Waals surface area contributed by atoms with Crippen LogP contribution >= 0.6 is 0 Å². The summed E-state index contributed by atoms with van der Waals surface area (Å²) in [5.74, 6) is 1.18. The van der Waals surface area contributed by atoms with Crippen LogP contribution in [0.5, 0.6) is 5.75 Å². The molecule has 0 bridgehead atoms. The molecule has 92 valence electrons.